The SMILES string of the molecule is CC(C)(N)CN1CC2CCC(CC2)C1.Cl.Cl. The van der Waals surface area contributed by atoms with Gasteiger partial charge in [0.15, 0.2) is 0 Å². The minimum atomic E-state index is -0.0240. The average Bonchev–Trinajstić information content (AvgIpc) is 2.31. The fourth-order valence-electron chi connectivity index (χ4n) is 3.11. The topological polar surface area (TPSA) is 29.3 Å². The quantitative estimate of drug-likeness (QED) is 0.835. The molecular weight excluding hydrogens is 243 g/mol. The van der Waals surface area contributed by atoms with Gasteiger partial charge in [0.05, 0.1) is 0 Å². The first-order valence-electron chi connectivity index (χ1n) is 6.04. The predicted octanol–water partition coefficient (Wildman–Crippen LogP) is 2.69. The van der Waals surface area contributed by atoms with Gasteiger partial charge in [0, 0.05) is 25.2 Å². The Bertz CT molecular complexity index is 182. The second-order valence-corrected chi connectivity index (χ2v) is 6.07. The summed E-state index contributed by atoms with van der Waals surface area (Å²) in [5.74, 6) is 1.94. The van der Waals surface area contributed by atoms with E-state index >= 15 is 0 Å². The number of hydrogen-bond acceptors (Lipinski definition) is 2. The van der Waals surface area contributed by atoms with Gasteiger partial charge in [0.2, 0.25) is 0 Å². The lowest BCUT2D eigenvalue weighted by Crippen LogP contribution is -2.46. The molecule has 0 unspecified atom stereocenters. The molecule has 2 aliphatic heterocycles. The fraction of sp³-hybridized carbons (Fsp3) is 1.00. The van der Waals surface area contributed by atoms with Crippen LogP contribution in [0.5, 0.6) is 0 Å². The van der Waals surface area contributed by atoms with Gasteiger partial charge in [0.1, 0.15) is 0 Å². The maximum absolute atomic E-state index is 6.09. The second kappa shape index (κ2) is 6.44. The third-order valence-corrected chi connectivity index (χ3v) is 3.63. The van der Waals surface area contributed by atoms with Crippen molar-refractivity contribution in [3.63, 3.8) is 0 Å². The van der Waals surface area contributed by atoms with Crippen LogP contribution in [0, 0.1) is 11.8 Å². The van der Waals surface area contributed by atoms with E-state index in [-0.39, 0.29) is 30.4 Å². The van der Waals surface area contributed by atoms with E-state index in [1.807, 2.05) is 0 Å². The molecule has 1 saturated carbocycles. The van der Waals surface area contributed by atoms with Crippen LogP contribution in [0.15, 0.2) is 0 Å². The van der Waals surface area contributed by atoms with Crippen molar-refractivity contribution < 1.29 is 0 Å². The van der Waals surface area contributed by atoms with Gasteiger partial charge >= 0.3 is 0 Å². The van der Waals surface area contributed by atoms with Crippen molar-refractivity contribution in [2.75, 3.05) is 19.6 Å². The monoisotopic (exact) mass is 268 g/mol. The summed E-state index contributed by atoms with van der Waals surface area (Å²) >= 11 is 0. The van der Waals surface area contributed by atoms with E-state index in [1.165, 1.54) is 38.8 Å². The third-order valence-electron chi connectivity index (χ3n) is 3.63. The Kier molecular flexibility index (Phi) is 6.64. The maximum Gasteiger partial charge on any atom is 0.0226 e. The van der Waals surface area contributed by atoms with Gasteiger partial charge in [-0.2, -0.15) is 0 Å². The fourth-order valence-corrected chi connectivity index (χ4v) is 3.11. The van der Waals surface area contributed by atoms with Gasteiger partial charge < -0.3 is 10.6 Å². The molecule has 2 heterocycles. The largest absolute Gasteiger partial charge is 0.324 e. The van der Waals surface area contributed by atoms with Crippen LogP contribution in [0.3, 0.4) is 0 Å². The Labute approximate surface area is 112 Å². The summed E-state index contributed by atoms with van der Waals surface area (Å²) in [6.45, 7) is 7.95. The van der Waals surface area contributed by atoms with E-state index in [0.717, 1.165) is 18.4 Å². The lowest BCUT2D eigenvalue weighted by atomic mass is 9.84. The summed E-state index contributed by atoms with van der Waals surface area (Å²) in [5.41, 5.74) is 6.06. The van der Waals surface area contributed by atoms with Gasteiger partial charge in [-0.3, -0.25) is 0 Å². The van der Waals surface area contributed by atoms with Crippen molar-refractivity contribution in [1.82, 2.24) is 4.90 Å². The van der Waals surface area contributed by atoms with Crippen LogP contribution in [0.25, 0.3) is 0 Å². The lowest BCUT2D eigenvalue weighted by molar-refractivity contribution is 0.209. The van der Waals surface area contributed by atoms with E-state index in [2.05, 4.69) is 18.7 Å². The molecular formula is C12H26Cl2N2. The molecule has 0 atom stereocenters. The van der Waals surface area contributed by atoms with Crippen molar-refractivity contribution >= 4 is 24.8 Å². The normalized spacial score (nSPS) is 30.2. The molecule has 16 heavy (non-hydrogen) atoms. The Hall–Kier alpha value is 0.500. The van der Waals surface area contributed by atoms with Crippen molar-refractivity contribution in [3.05, 3.63) is 0 Å². The highest BCUT2D eigenvalue weighted by Crippen LogP contribution is 2.33. The minimum absolute atomic E-state index is 0. The molecule has 0 spiro atoms. The highest BCUT2D eigenvalue weighted by atomic mass is 35.5. The maximum atomic E-state index is 6.09. The van der Waals surface area contributed by atoms with E-state index in [4.69, 9.17) is 5.73 Å². The van der Waals surface area contributed by atoms with E-state index in [0.29, 0.717) is 0 Å². The summed E-state index contributed by atoms with van der Waals surface area (Å²) in [5, 5.41) is 0. The molecule has 0 radical (unpaired) electrons. The molecule has 0 aromatic carbocycles. The number of fused-ring (bicyclic) bond motifs is 4. The average molecular weight is 269 g/mol. The van der Waals surface area contributed by atoms with Crippen LogP contribution < -0.4 is 5.73 Å². The van der Waals surface area contributed by atoms with E-state index in [1.54, 1.807) is 0 Å². The van der Waals surface area contributed by atoms with E-state index in [9.17, 15) is 0 Å². The Balaban J connectivity index is 0.00000112. The van der Waals surface area contributed by atoms with Crippen LogP contribution in [0.2, 0.25) is 0 Å². The summed E-state index contributed by atoms with van der Waals surface area (Å²) in [6, 6.07) is 0. The van der Waals surface area contributed by atoms with Gasteiger partial charge in [-0.25, -0.2) is 0 Å². The summed E-state index contributed by atoms with van der Waals surface area (Å²) in [4.78, 5) is 2.61. The molecule has 3 fully saturated rings. The molecule has 1 aliphatic carbocycles. The van der Waals surface area contributed by atoms with Gasteiger partial charge in [-0.1, -0.05) is 0 Å². The number of halogens is 2. The summed E-state index contributed by atoms with van der Waals surface area (Å²) in [7, 11) is 0. The van der Waals surface area contributed by atoms with Crippen molar-refractivity contribution in [2.24, 2.45) is 17.6 Å². The number of nitrogens with two attached hydrogens (primary N) is 1. The minimum Gasteiger partial charge on any atom is -0.324 e. The molecule has 2 saturated heterocycles. The Morgan fingerprint density at radius 2 is 1.38 bits per heavy atom. The standard InChI is InChI=1S/C12H24N2.2ClH/c1-12(2,13)9-14-7-10-3-4-11(8-14)6-5-10;;/h10-11H,3-9,13H2,1-2H3;2*1H. The Morgan fingerprint density at radius 1 is 1.00 bits per heavy atom. The molecule has 4 heteroatoms. The molecule has 3 rings (SSSR count). The first-order valence-corrected chi connectivity index (χ1v) is 6.04. The number of rotatable bonds is 2. The predicted molar refractivity (Wildman–Crippen MR) is 74.7 cm³/mol. The van der Waals surface area contributed by atoms with Gasteiger partial charge in [-0.15, -0.1) is 24.8 Å². The van der Waals surface area contributed by atoms with Crippen LogP contribution in [-0.4, -0.2) is 30.1 Å². The molecule has 0 aromatic rings. The molecule has 98 valence electrons. The Morgan fingerprint density at radius 3 is 1.69 bits per heavy atom. The van der Waals surface area contributed by atoms with Gasteiger partial charge in [0.25, 0.3) is 0 Å². The molecule has 3 aliphatic rings. The van der Waals surface area contributed by atoms with Crippen LogP contribution in [0.1, 0.15) is 39.5 Å². The number of nitrogens with zero attached hydrogens (tertiary/aromatic N) is 1. The van der Waals surface area contributed by atoms with Crippen LogP contribution in [0.4, 0.5) is 0 Å². The van der Waals surface area contributed by atoms with Gasteiger partial charge in [-0.05, 0) is 51.4 Å². The van der Waals surface area contributed by atoms with Crippen LogP contribution >= 0.6 is 24.8 Å². The zero-order valence-corrected chi connectivity index (χ0v) is 12.1. The lowest BCUT2D eigenvalue weighted by Gasteiger charge is -2.29. The smallest absolute Gasteiger partial charge is 0.0226 e. The molecule has 2 N–H and O–H groups in total. The summed E-state index contributed by atoms with van der Waals surface area (Å²) < 4.78 is 0. The second-order valence-electron chi connectivity index (χ2n) is 6.07. The van der Waals surface area contributed by atoms with Crippen molar-refractivity contribution in [2.45, 2.75) is 45.1 Å². The highest BCUT2D eigenvalue weighted by Gasteiger charge is 2.30. The zero-order valence-electron chi connectivity index (χ0n) is 10.4. The van der Waals surface area contributed by atoms with Crippen molar-refractivity contribution in [1.29, 1.82) is 0 Å². The first kappa shape index (κ1) is 16.5. The van der Waals surface area contributed by atoms with Crippen molar-refractivity contribution in [3.8, 4) is 0 Å². The third kappa shape index (κ3) is 4.79. The number of hydrogen-bond donors (Lipinski definition) is 1. The first-order chi connectivity index (χ1) is 6.53. The summed E-state index contributed by atoms with van der Waals surface area (Å²) in [6.07, 6.45) is 5.86. The zero-order chi connectivity index (χ0) is 10.2. The van der Waals surface area contributed by atoms with Crippen LogP contribution in [-0.2, 0) is 0 Å². The molecule has 2 nitrogen and oxygen atoms in total. The molecule has 2 bridgehead atoms. The molecule has 0 amide bonds. The highest BCUT2D eigenvalue weighted by molar-refractivity contribution is 5.85. The molecule has 0 aromatic heterocycles. The van der Waals surface area contributed by atoms with E-state index < -0.39 is 0 Å².